The monoisotopic (exact) mass is 232 g/mol. The Hall–Kier alpha value is -1.77. The number of carbonyl (C=O) groups is 1. The van der Waals surface area contributed by atoms with Gasteiger partial charge in [0.2, 0.25) is 0 Å². The molecule has 0 aliphatic carbocycles. The van der Waals surface area contributed by atoms with Gasteiger partial charge in [-0.25, -0.2) is 0 Å². The van der Waals surface area contributed by atoms with Crippen molar-refractivity contribution in [1.29, 1.82) is 0 Å². The van der Waals surface area contributed by atoms with Gasteiger partial charge in [-0.05, 0) is 44.5 Å². The SMILES string of the molecule is C=C(C)CN(CC)C(=O)c1ccc(N)cc1C. The van der Waals surface area contributed by atoms with Gasteiger partial charge in [0.15, 0.2) is 0 Å². The van der Waals surface area contributed by atoms with E-state index in [2.05, 4.69) is 6.58 Å². The van der Waals surface area contributed by atoms with Crippen LogP contribution in [0.15, 0.2) is 30.4 Å². The molecule has 17 heavy (non-hydrogen) atoms. The number of aryl methyl sites for hydroxylation is 1. The smallest absolute Gasteiger partial charge is 0.254 e. The number of hydrogen-bond donors (Lipinski definition) is 1. The molecule has 0 spiro atoms. The summed E-state index contributed by atoms with van der Waals surface area (Å²) in [5.41, 5.74) is 8.96. The standard InChI is InChI=1S/C14H20N2O/c1-5-16(9-10(2)3)14(17)13-7-6-12(15)8-11(13)4/h6-8H,2,5,9,15H2,1,3-4H3. The van der Waals surface area contributed by atoms with Gasteiger partial charge in [0.05, 0.1) is 0 Å². The molecule has 0 heterocycles. The molecule has 1 rings (SSSR count). The van der Waals surface area contributed by atoms with Crippen LogP contribution in [0.2, 0.25) is 0 Å². The first kappa shape index (κ1) is 13.3. The molecule has 1 aromatic rings. The second kappa shape index (κ2) is 5.53. The molecule has 1 aromatic carbocycles. The van der Waals surface area contributed by atoms with Crippen molar-refractivity contribution < 1.29 is 4.79 Å². The highest BCUT2D eigenvalue weighted by molar-refractivity contribution is 5.96. The first-order chi connectivity index (χ1) is 7.95. The summed E-state index contributed by atoms with van der Waals surface area (Å²) in [4.78, 5) is 14.1. The lowest BCUT2D eigenvalue weighted by Gasteiger charge is -2.22. The molecule has 0 unspecified atom stereocenters. The first-order valence-corrected chi connectivity index (χ1v) is 5.75. The molecule has 0 saturated heterocycles. The molecular formula is C14H20N2O. The zero-order valence-corrected chi connectivity index (χ0v) is 10.8. The van der Waals surface area contributed by atoms with Crippen molar-refractivity contribution in [1.82, 2.24) is 4.90 Å². The highest BCUT2D eigenvalue weighted by Crippen LogP contribution is 2.15. The van der Waals surface area contributed by atoms with Crippen LogP contribution in [0.5, 0.6) is 0 Å². The molecule has 2 N–H and O–H groups in total. The quantitative estimate of drug-likeness (QED) is 0.640. The highest BCUT2D eigenvalue weighted by atomic mass is 16.2. The average molecular weight is 232 g/mol. The van der Waals surface area contributed by atoms with Gasteiger partial charge in [0.25, 0.3) is 5.91 Å². The van der Waals surface area contributed by atoms with E-state index in [-0.39, 0.29) is 5.91 Å². The van der Waals surface area contributed by atoms with E-state index in [1.54, 1.807) is 17.0 Å². The summed E-state index contributed by atoms with van der Waals surface area (Å²) in [6, 6.07) is 5.37. The number of amides is 1. The molecule has 0 aliphatic rings. The maximum Gasteiger partial charge on any atom is 0.254 e. The van der Waals surface area contributed by atoms with Gasteiger partial charge in [0, 0.05) is 24.3 Å². The number of likely N-dealkylation sites (N-methyl/N-ethyl adjacent to an activating group) is 1. The lowest BCUT2D eigenvalue weighted by atomic mass is 10.1. The Kier molecular flexibility index (Phi) is 4.32. The summed E-state index contributed by atoms with van der Waals surface area (Å²) in [5.74, 6) is 0.0352. The molecule has 3 heteroatoms. The zero-order chi connectivity index (χ0) is 13.0. The third-order valence-electron chi connectivity index (χ3n) is 2.61. The van der Waals surface area contributed by atoms with Crippen molar-refractivity contribution in [2.45, 2.75) is 20.8 Å². The van der Waals surface area contributed by atoms with E-state index in [9.17, 15) is 4.79 Å². The number of carbonyl (C=O) groups excluding carboxylic acids is 1. The molecule has 92 valence electrons. The lowest BCUT2D eigenvalue weighted by molar-refractivity contribution is 0.0777. The van der Waals surface area contributed by atoms with Crippen LogP contribution < -0.4 is 5.73 Å². The van der Waals surface area contributed by atoms with Crippen molar-refractivity contribution in [3.05, 3.63) is 41.5 Å². The number of anilines is 1. The molecular weight excluding hydrogens is 212 g/mol. The molecule has 0 bridgehead atoms. The van der Waals surface area contributed by atoms with Crippen LogP contribution in [-0.2, 0) is 0 Å². The third kappa shape index (κ3) is 3.34. The van der Waals surface area contributed by atoms with Crippen LogP contribution in [0.25, 0.3) is 0 Å². The second-order valence-corrected chi connectivity index (χ2v) is 4.35. The van der Waals surface area contributed by atoms with Crippen LogP contribution in [0, 0.1) is 6.92 Å². The number of benzene rings is 1. The van der Waals surface area contributed by atoms with Gasteiger partial charge in [-0.3, -0.25) is 4.79 Å². The summed E-state index contributed by atoms with van der Waals surface area (Å²) in [7, 11) is 0. The number of nitrogens with zero attached hydrogens (tertiary/aromatic N) is 1. The fourth-order valence-electron chi connectivity index (χ4n) is 1.75. The molecule has 0 aliphatic heterocycles. The van der Waals surface area contributed by atoms with Crippen LogP contribution in [0.3, 0.4) is 0 Å². The average Bonchev–Trinajstić information content (AvgIpc) is 2.24. The summed E-state index contributed by atoms with van der Waals surface area (Å²) in [6.45, 7) is 10.9. The fourth-order valence-corrected chi connectivity index (χ4v) is 1.75. The van der Waals surface area contributed by atoms with Gasteiger partial charge in [-0.2, -0.15) is 0 Å². The number of hydrogen-bond acceptors (Lipinski definition) is 2. The van der Waals surface area contributed by atoms with Gasteiger partial charge in [-0.1, -0.05) is 12.2 Å². The van der Waals surface area contributed by atoms with Crippen LogP contribution in [0.4, 0.5) is 5.69 Å². The number of nitrogens with two attached hydrogens (primary N) is 1. The summed E-state index contributed by atoms with van der Waals surface area (Å²) in [5, 5.41) is 0. The summed E-state index contributed by atoms with van der Waals surface area (Å²) < 4.78 is 0. The third-order valence-corrected chi connectivity index (χ3v) is 2.61. The molecule has 0 atom stereocenters. The minimum atomic E-state index is 0.0352. The van der Waals surface area contributed by atoms with Crippen LogP contribution in [-0.4, -0.2) is 23.9 Å². The van der Waals surface area contributed by atoms with Gasteiger partial charge in [0.1, 0.15) is 0 Å². The maximum absolute atomic E-state index is 12.3. The van der Waals surface area contributed by atoms with Crippen molar-refractivity contribution in [3.63, 3.8) is 0 Å². The Morgan fingerprint density at radius 3 is 2.59 bits per heavy atom. The van der Waals surface area contributed by atoms with Gasteiger partial charge < -0.3 is 10.6 Å². The van der Waals surface area contributed by atoms with Crippen molar-refractivity contribution >= 4 is 11.6 Å². The number of nitrogen functional groups attached to an aromatic ring is 1. The molecule has 0 fully saturated rings. The predicted molar refractivity (Wildman–Crippen MR) is 72.0 cm³/mol. The van der Waals surface area contributed by atoms with Crippen LogP contribution in [0.1, 0.15) is 29.8 Å². The van der Waals surface area contributed by atoms with Gasteiger partial charge in [-0.15, -0.1) is 0 Å². The first-order valence-electron chi connectivity index (χ1n) is 5.75. The predicted octanol–water partition coefficient (Wildman–Crippen LogP) is 2.62. The fraction of sp³-hybridized carbons (Fsp3) is 0.357. The van der Waals surface area contributed by atoms with E-state index < -0.39 is 0 Å². The van der Waals surface area contributed by atoms with Crippen LogP contribution >= 0.6 is 0 Å². The van der Waals surface area contributed by atoms with E-state index in [4.69, 9.17) is 5.73 Å². The maximum atomic E-state index is 12.3. The Morgan fingerprint density at radius 2 is 2.12 bits per heavy atom. The summed E-state index contributed by atoms with van der Waals surface area (Å²) in [6.07, 6.45) is 0. The van der Waals surface area contributed by atoms with E-state index in [1.807, 2.05) is 26.8 Å². The Labute approximate surface area is 103 Å². The van der Waals surface area contributed by atoms with Gasteiger partial charge >= 0.3 is 0 Å². The molecule has 1 amide bonds. The zero-order valence-electron chi connectivity index (χ0n) is 10.8. The van der Waals surface area contributed by atoms with E-state index in [0.717, 1.165) is 11.1 Å². The minimum absolute atomic E-state index is 0.0352. The Bertz CT molecular complexity index is 438. The lowest BCUT2D eigenvalue weighted by Crippen LogP contribution is -2.32. The topological polar surface area (TPSA) is 46.3 Å². The highest BCUT2D eigenvalue weighted by Gasteiger charge is 2.15. The van der Waals surface area contributed by atoms with E-state index in [0.29, 0.717) is 24.3 Å². The van der Waals surface area contributed by atoms with Crippen molar-refractivity contribution in [2.75, 3.05) is 18.8 Å². The molecule has 0 radical (unpaired) electrons. The Balaban J connectivity index is 2.97. The normalized spacial score (nSPS) is 10.1. The molecule has 3 nitrogen and oxygen atoms in total. The minimum Gasteiger partial charge on any atom is -0.399 e. The van der Waals surface area contributed by atoms with E-state index in [1.165, 1.54) is 0 Å². The largest absolute Gasteiger partial charge is 0.399 e. The van der Waals surface area contributed by atoms with E-state index >= 15 is 0 Å². The van der Waals surface area contributed by atoms with Crippen molar-refractivity contribution in [2.24, 2.45) is 0 Å². The molecule has 0 aromatic heterocycles. The van der Waals surface area contributed by atoms with Crippen molar-refractivity contribution in [3.8, 4) is 0 Å². The molecule has 0 saturated carbocycles. The summed E-state index contributed by atoms with van der Waals surface area (Å²) >= 11 is 0. The number of rotatable bonds is 4. The second-order valence-electron chi connectivity index (χ2n) is 4.35. The Morgan fingerprint density at radius 1 is 1.47 bits per heavy atom.